The van der Waals surface area contributed by atoms with Crippen molar-refractivity contribution in [3.05, 3.63) is 53.9 Å². The van der Waals surface area contributed by atoms with Crippen LogP contribution in [0.3, 0.4) is 0 Å². The Bertz CT molecular complexity index is 730. The lowest BCUT2D eigenvalue weighted by Gasteiger charge is -2.20. The van der Waals surface area contributed by atoms with E-state index in [0.29, 0.717) is 22.9 Å². The van der Waals surface area contributed by atoms with Crippen molar-refractivity contribution < 1.29 is 20.3 Å². The molecule has 2 aromatic rings. The molecule has 3 rings (SSSR count). The molecular formula is C14H13N4O3+. The lowest BCUT2D eigenvalue weighted by atomic mass is 10.1. The van der Waals surface area contributed by atoms with Crippen molar-refractivity contribution >= 4 is 23.2 Å². The molecule has 0 radical (unpaired) electrons. The number of pyridine rings is 1. The van der Waals surface area contributed by atoms with Gasteiger partial charge in [-0.15, -0.1) is 0 Å². The van der Waals surface area contributed by atoms with E-state index in [-0.39, 0.29) is 5.56 Å². The number of carboxylic acid groups (broad SMARTS) is 1. The zero-order chi connectivity index (χ0) is 14.8. The van der Waals surface area contributed by atoms with E-state index in [1.807, 2.05) is 0 Å². The fraction of sp³-hybridized carbons (Fsp3) is 0.0714. The summed E-state index contributed by atoms with van der Waals surface area (Å²) in [6.07, 6.45) is 0.724. The van der Waals surface area contributed by atoms with Crippen LogP contribution in [0.5, 0.6) is 0 Å². The number of anilines is 1. The Morgan fingerprint density at radius 3 is 2.90 bits per heavy atom. The predicted octanol–water partition coefficient (Wildman–Crippen LogP) is 0.123. The number of benzene rings is 1. The quantitative estimate of drug-likeness (QED) is 0.626. The zero-order valence-corrected chi connectivity index (χ0v) is 10.9. The number of nitrogens with two attached hydrogens (primary N) is 1. The number of nitrogens with zero attached hydrogens (tertiary/aromatic N) is 2. The van der Waals surface area contributed by atoms with E-state index in [1.165, 1.54) is 11.4 Å². The smallest absolute Gasteiger partial charge is 0.337 e. The van der Waals surface area contributed by atoms with Gasteiger partial charge in [0.05, 0.1) is 16.9 Å². The highest BCUT2D eigenvalue weighted by atomic mass is 16.4. The lowest BCUT2D eigenvalue weighted by Crippen LogP contribution is -2.97. The number of quaternary nitrogens is 1. The van der Waals surface area contributed by atoms with E-state index in [9.17, 15) is 15.0 Å². The van der Waals surface area contributed by atoms with Crippen molar-refractivity contribution in [1.29, 1.82) is 0 Å². The van der Waals surface area contributed by atoms with Crippen molar-refractivity contribution in [3.8, 4) is 0 Å². The van der Waals surface area contributed by atoms with Gasteiger partial charge in [-0.25, -0.2) is 9.78 Å². The van der Waals surface area contributed by atoms with E-state index in [4.69, 9.17) is 0 Å². The second-order valence-electron chi connectivity index (χ2n) is 4.47. The Morgan fingerprint density at radius 1 is 1.29 bits per heavy atom. The van der Waals surface area contributed by atoms with Crippen LogP contribution in [0.2, 0.25) is 0 Å². The zero-order valence-electron chi connectivity index (χ0n) is 10.9. The molecule has 1 aliphatic rings. The highest BCUT2D eigenvalue weighted by molar-refractivity contribution is 6.00. The van der Waals surface area contributed by atoms with Gasteiger partial charge in [0, 0.05) is 6.20 Å². The number of amidine groups is 1. The number of carboxylic acids is 1. The number of fused-ring (bicyclic) bond motifs is 1. The third-order valence-corrected chi connectivity index (χ3v) is 3.04. The van der Waals surface area contributed by atoms with E-state index in [0.717, 1.165) is 0 Å². The molecule has 7 heteroatoms. The van der Waals surface area contributed by atoms with Gasteiger partial charge in [-0.2, -0.15) is 4.99 Å². The summed E-state index contributed by atoms with van der Waals surface area (Å²) in [7, 11) is 0. The first kappa shape index (κ1) is 13.2. The summed E-state index contributed by atoms with van der Waals surface area (Å²) >= 11 is 0. The Morgan fingerprint density at radius 2 is 2.10 bits per heavy atom. The Hall–Kier alpha value is -2.77. The minimum Gasteiger partial charge on any atom is -0.478 e. The molecule has 1 aromatic heterocycles. The second kappa shape index (κ2) is 5.31. The predicted molar refractivity (Wildman–Crippen MR) is 75.4 cm³/mol. The van der Waals surface area contributed by atoms with Gasteiger partial charge in [-0.3, -0.25) is 5.32 Å². The number of carbonyl (C=O) groups is 1. The first-order valence-electron chi connectivity index (χ1n) is 6.31. The highest BCUT2D eigenvalue weighted by Gasteiger charge is 2.26. The second-order valence-corrected chi connectivity index (χ2v) is 4.47. The normalized spacial score (nSPS) is 18.9. The van der Waals surface area contributed by atoms with Crippen molar-refractivity contribution in [2.45, 2.75) is 6.35 Å². The maximum Gasteiger partial charge on any atom is 0.337 e. The number of aromatic carboxylic acids is 1. The maximum absolute atomic E-state index is 11.2. The summed E-state index contributed by atoms with van der Waals surface area (Å²) < 4.78 is 0. The molecular weight excluding hydrogens is 272 g/mol. The van der Waals surface area contributed by atoms with Gasteiger partial charge in [0.1, 0.15) is 0 Å². The average Bonchev–Trinajstić information content (AvgIpc) is 2.47. The van der Waals surface area contributed by atoms with E-state index >= 15 is 0 Å². The average molecular weight is 285 g/mol. The van der Waals surface area contributed by atoms with Gasteiger partial charge in [0.25, 0.3) is 12.2 Å². The van der Waals surface area contributed by atoms with Gasteiger partial charge in [0.15, 0.2) is 5.69 Å². The lowest BCUT2D eigenvalue weighted by molar-refractivity contribution is -0.618. The maximum atomic E-state index is 11.2. The number of aromatic nitrogens is 1. The first-order valence-corrected chi connectivity index (χ1v) is 6.31. The van der Waals surface area contributed by atoms with Gasteiger partial charge in [0.2, 0.25) is 0 Å². The summed E-state index contributed by atoms with van der Waals surface area (Å²) in [6, 6.07) is 9.97. The van der Waals surface area contributed by atoms with Crippen LogP contribution in [0.15, 0.2) is 47.6 Å². The molecule has 0 spiro atoms. The number of aliphatic hydroxyl groups excluding tert-OH is 1. The summed E-state index contributed by atoms with van der Waals surface area (Å²) in [5.41, 5.74) is 1.65. The van der Waals surface area contributed by atoms with E-state index in [1.54, 1.807) is 36.5 Å². The van der Waals surface area contributed by atoms with Crippen LogP contribution in [-0.4, -0.2) is 33.4 Å². The van der Waals surface area contributed by atoms with Crippen molar-refractivity contribution in [3.63, 3.8) is 0 Å². The van der Waals surface area contributed by atoms with Crippen LogP contribution < -0.4 is 10.6 Å². The van der Waals surface area contributed by atoms with Crippen LogP contribution in [0, 0.1) is 0 Å². The van der Waals surface area contributed by atoms with Crippen LogP contribution in [0.1, 0.15) is 16.1 Å². The topological polar surface area (TPSA) is 111 Å². The minimum absolute atomic E-state index is 0.101. The molecule has 21 heavy (non-hydrogen) atoms. The van der Waals surface area contributed by atoms with Crippen LogP contribution in [0.25, 0.3) is 0 Å². The molecule has 2 heterocycles. The summed E-state index contributed by atoms with van der Waals surface area (Å²) in [5, 5.41) is 23.3. The fourth-order valence-electron chi connectivity index (χ4n) is 2.13. The molecule has 0 amide bonds. The number of rotatable bonds is 2. The molecule has 1 atom stereocenters. The molecule has 0 fully saturated rings. The Labute approximate surface area is 120 Å². The molecule has 5 N–H and O–H groups in total. The Balaban J connectivity index is 2.11. The summed E-state index contributed by atoms with van der Waals surface area (Å²) in [6.45, 7) is 0. The number of para-hydroxylation sites is 1. The van der Waals surface area contributed by atoms with Gasteiger partial charge < -0.3 is 15.5 Å². The molecule has 0 saturated heterocycles. The molecule has 1 aromatic carbocycles. The molecule has 1 aliphatic heterocycles. The van der Waals surface area contributed by atoms with E-state index in [2.05, 4.69) is 15.3 Å². The fourth-order valence-corrected chi connectivity index (χ4v) is 2.13. The van der Waals surface area contributed by atoms with Crippen molar-refractivity contribution in [2.75, 3.05) is 5.32 Å². The van der Waals surface area contributed by atoms with Gasteiger partial charge in [-0.05, 0) is 24.3 Å². The molecule has 0 aliphatic carbocycles. The van der Waals surface area contributed by atoms with Crippen LogP contribution in [0.4, 0.5) is 11.4 Å². The summed E-state index contributed by atoms with van der Waals surface area (Å²) in [5.74, 6) is -0.615. The molecule has 0 saturated carbocycles. The Kier molecular flexibility index (Phi) is 3.35. The number of hydrogen-bond acceptors (Lipinski definition) is 5. The molecule has 106 valence electrons. The first-order chi connectivity index (χ1) is 10.1. The third kappa shape index (κ3) is 2.60. The monoisotopic (exact) mass is 285 g/mol. The van der Waals surface area contributed by atoms with Crippen molar-refractivity contribution in [2.24, 2.45) is 4.99 Å². The molecule has 0 bridgehead atoms. The number of aliphatic imine (C=N–C) groups is 1. The number of hydrogen-bond donors (Lipinski definition) is 4. The highest BCUT2D eigenvalue weighted by Crippen LogP contribution is 2.21. The van der Waals surface area contributed by atoms with Gasteiger partial charge in [-0.1, -0.05) is 12.1 Å². The van der Waals surface area contributed by atoms with E-state index < -0.39 is 12.3 Å². The standard InChI is InChI=1S/C14H12N4O3/c19-13(20)8-4-1-2-5-9(8)16-12-11-10(6-3-7-15-11)17-14(21)18-12/h1-7,14,17,21H,(H,16,18)(H,19,20)/p+1. The van der Waals surface area contributed by atoms with Crippen molar-refractivity contribution in [1.82, 2.24) is 4.98 Å². The van der Waals surface area contributed by atoms with Crippen LogP contribution >= 0.6 is 0 Å². The molecule has 7 nitrogen and oxygen atoms in total. The van der Waals surface area contributed by atoms with Crippen LogP contribution in [-0.2, 0) is 0 Å². The largest absolute Gasteiger partial charge is 0.478 e. The third-order valence-electron chi connectivity index (χ3n) is 3.04. The SMILES string of the molecule is O=C(O)c1ccccc1N=C1[NH2+]C(O)Nc2cccnc21. The molecule has 1 unspecified atom stereocenters. The van der Waals surface area contributed by atoms with Gasteiger partial charge >= 0.3 is 5.97 Å². The minimum atomic E-state index is -1.05. The number of aliphatic hydroxyl groups is 1. The number of nitrogens with one attached hydrogen (secondary N) is 1. The summed E-state index contributed by atoms with van der Waals surface area (Å²) in [4.78, 5) is 19.8.